The molecule has 4 rings (SSSR count). The number of hydrogen-bond acceptors (Lipinski definition) is 7. The first-order valence-corrected chi connectivity index (χ1v) is 9.21. The molecule has 138 valence electrons. The highest BCUT2D eigenvalue weighted by atomic mass is 35.5. The first-order valence-electron chi connectivity index (χ1n) is 8.83. The SMILES string of the molecule is Clc1ccc(Oc2nc(-c3ncccn3)cnc2NC[C@@H]2CCCN2)cc1. The second kappa shape index (κ2) is 8.28. The molecule has 1 saturated heterocycles. The van der Waals surface area contributed by atoms with Crippen LogP contribution < -0.4 is 15.4 Å². The van der Waals surface area contributed by atoms with Crippen LogP contribution in [0, 0.1) is 0 Å². The molecule has 1 atom stereocenters. The average molecular weight is 383 g/mol. The molecule has 1 fully saturated rings. The summed E-state index contributed by atoms with van der Waals surface area (Å²) >= 11 is 5.95. The molecule has 3 aromatic rings. The van der Waals surface area contributed by atoms with E-state index in [1.54, 1.807) is 48.9 Å². The Hall–Kier alpha value is -2.77. The maximum Gasteiger partial charge on any atom is 0.263 e. The van der Waals surface area contributed by atoms with Crippen LogP contribution >= 0.6 is 11.6 Å². The molecule has 2 aromatic heterocycles. The zero-order valence-electron chi connectivity index (χ0n) is 14.6. The van der Waals surface area contributed by atoms with Gasteiger partial charge in [-0.05, 0) is 49.7 Å². The summed E-state index contributed by atoms with van der Waals surface area (Å²) in [5.41, 5.74) is 0.545. The molecule has 0 spiro atoms. The van der Waals surface area contributed by atoms with Crippen LogP contribution in [-0.2, 0) is 0 Å². The summed E-state index contributed by atoms with van der Waals surface area (Å²) in [6.07, 6.45) is 7.32. The van der Waals surface area contributed by atoms with Crippen LogP contribution in [0.4, 0.5) is 5.82 Å². The Morgan fingerprint density at radius 3 is 2.70 bits per heavy atom. The van der Waals surface area contributed by atoms with Crippen LogP contribution in [0.5, 0.6) is 11.6 Å². The number of anilines is 1. The number of nitrogens with zero attached hydrogens (tertiary/aromatic N) is 4. The first kappa shape index (κ1) is 17.6. The second-order valence-electron chi connectivity index (χ2n) is 6.21. The van der Waals surface area contributed by atoms with E-state index in [4.69, 9.17) is 16.3 Å². The van der Waals surface area contributed by atoms with Crippen molar-refractivity contribution >= 4 is 17.4 Å². The van der Waals surface area contributed by atoms with Crippen LogP contribution in [0.25, 0.3) is 11.5 Å². The molecule has 1 aliphatic heterocycles. The van der Waals surface area contributed by atoms with Gasteiger partial charge in [0, 0.05) is 30.0 Å². The minimum Gasteiger partial charge on any atom is -0.436 e. The van der Waals surface area contributed by atoms with E-state index in [2.05, 4.69) is 30.6 Å². The number of benzene rings is 1. The minimum atomic E-state index is 0.375. The fraction of sp³-hybridized carbons (Fsp3) is 0.263. The molecule has 0 bridgehead atoms. The van der Waals surface area contributed by atoms with Crippen LogP contribution in [-0.4, -0.2) is 39.1 Å². The zero-order chi connectivity index (χ0) is 18.5. The third kappa shape index (κ3) is 4.50. The quantitative estimate of drug-likeness (QED) is 0.674. The predicted octanol–water partition coefficient (Wildman–Crippen LogP) is 3.54. The summed E-state index contributed by atoms with van der Waals surface area (Å²) in [5.74, 6) is 2.08. The fourth-order valence-electron chi connectivity index (χ4n) is 2.87. The summed E-state index contributed by atoms with van der Waals surface area (Å²) in [7, 11) is 0. The maximum absolute atomic E-state index is 5.97. The number of rotatable bonds is 6. The van der Waals surface area contributed by atoms with E-state index in [0.717, 1.165) is 19.5 Å². The fourth-order valence-corrected chi connectivity index (χ4v) is 2.99. The van der Waals surface area contributed by atoms with Crippen molar-refractivity contribution in [3.63, 3.8) is 0 Å². The van der Waals surface area contributed by atoms with Crippen molar-refractivity contribution in [1.29, 1.82) is 0 Å². The molecule has 3 heterocycles. The molecule has 0 radical (unpaired) electrons. The van der Waals surface area contributed by atoms with Gasteiger partial charge in [0.05, 0.1) is 6.20 Å². The molecule has 0 saturated carbocycles. The molecule has 0 aliphatic carbocycles. The molecule has 27 heavy (non-hydrogen) atoms. The zero-order valence-corrected chi connectivity index (χ0v) is 15.4. The van der Waals surface area contributed by atoms with Crippen LogP contribution in [0.2, 0.25) is 5.02 Å². The van der Waals surface area contributed by atoms with E-state index in [9.17, 15) is 0 Å². The Labute approximate surface area is 162 Å². The summed E-state index contributed by atoms with van der Waals surface area (Å²) in [6, 6.07) is 9.30. The van der Waals surface area contributed by atoms with Gasteiger partial charge in [0.25, 0.3) is 5.88 Å². The standard InChI is InChI=1S/C19H19ClN6O/c20-13-4-6-15(7-5-13)27-19-18(24-11-14-3-1-8-21-14)25-12-16(26-19)17-22-9-2-10-23-17/h2,4-7,9-10,12,14,21H,1,3,8,11H2,(H,24,25)/t14-/m0/s1. The van der Waals surface area contributed by atoms with Gasteiger partial charge in [-0.1, -0.05) is 11.6 Å². The molecule has 7 nitrogen and oxygen atoms in total. The maximum atomic E-state index is 5.97. The molecular weight excluding hydrogens is 364 g/mol. The van der Waals surface area contributed by atoms with Crippen molar-refractivity contribution in [2.75, 3.05) is 18.4 Å². The molecule has 0 unspecified atom stereocenters. The van der Waals surface area contributed by atoms with E-state index >= 15 is 0 Å². The number of ether oxygens (including phenoxy) is 1. The third-order valence-corrected chi connectivity index (χ3v) is 4.49. The topological polar surface area (TPSA) is 84.9 Å². The lowest BCUT2D eigenvalue weighted by Gasteiger charge is -2.15. The van der Waals surface area contributed by atoms with E-state index in [1.807, 2.05) is 0 Å². The highest BCUT2D eigenvalue weighted by Gasteiger charge is 2.17. The number of halogens is 1. The predicted molar refractivity (Wildman–Crippen MR) is 104 cm³/mol. The summed E-state index contributed by atoms with van der Waals surface area (Å²) < 4.78 is 5.97. The summed E-state index contributed by atoms with van der Waals surface area (Å²) in [5, 5.41) is 7.43. The van der Waals surface area contributed by atoms with Crippen molar-refractivity contribution in [3.05, 3.63) is 53.9 Å². The molecule has 2 N–H and O–H groups in total. The Morgan fingerprint density at radius 2 is 1.96 bits per heavy atom. The summed E-state index contributed by atoms with van der Waals surface area (Å²) in [6.45, 7) is 1.81. The molecular formula is C19H19ClN6O. The normalized spacial score (nSPS) is 16.3. The summed E-state index contributed by atoms with van der Waals surface area (Å²) in [4.78, 5) is 17.5. The molecule has 8 heteroatoms. The van der Waals surface area contributed by atoms with Crippen LogP contribution in [0.3, 0.4) is 0 Å². The Morgan fingerprint density at radius 1 is 1.15 bits per heavy atom. The van der Waals surface area contributed by atoms with E-state index in [1.165, 1.54) is 6.42 Å². The van der Waals surface area contributed by atoms with Gasteiger partial charge in [-0.15, -0.1) is 0 Å². The van der Waals surface area contributed by atoms with Crippen molar-refractivity contribution in [1.82, 2.24) is 25.3 Å². The second-order valence-corrected chi connectivity index (χ2v) is 6.65. The Kier molecular flexibility index (Phi) is 5.41. The smallest absolute Gasteiger partial charge is 0.263 e. The van der Waals surface area contributed by atoms with E-state index in [-0.39, 0.29) is 0 Å². The first-order chi connectivity index (χ1) is 13.3. The largest absolute Gasteiger partial charge is 0.436 e. The number of aromatic nitrogens is 4. The molecule has 1 aromatic carbocycles. The van der Waals surface area contributed by atoms with Crippen molar-refractivity contribution in [2.45, 2.75) is 18.9 Å². The van der Waals surface area contributed by atoms with Gasteiger partial charge < -0.3 is 15.4 Å². The Balaban J connectivity index is 1.61. The minimum absolute atomic E-state index is 0.375. The van der Waals surface area contributed by atoms with Gasteiger partial charge >= 0.3 is 0 Å². The Bertz CT molecular complexity index is 884. The molecule has 1 aliphatic rings. The highest BCUT2D eigenvalue weighted by molar-refractivity contribution is 6.30. The number of hydrogen-bond donors (Lipinski definition) is 2. The van der Waals surface area contributed by atoms with Gasteiger partial charge in [0.1, 0.15) is 11.4 Å². The van der Waals surface area contributed by atoms with E-state index < -0.39 is 0 Å². The van der Waals surface area contributed by atoms with Crippen molar-refractivity contribution < 1.29 is 4.74 Å². The average Bonchev–Trinajstić information content (AvgIpc) is 3.23. The number of nitrogens with one attached hydrogen (secondary N) is 2. The van der Waals surface area contributed by atoms with Crippen molar-refractivity contribution in [3.8, 4) is 23.1 Å². The monoisotopic (exact) mass is 382 g/mol. The highest BCUT2D eigenvalue weighted by Crippen LogP contribution is 2.28. The van der Waals surface area contributed by atoms with Gasteiger partial charge in [0.2, 0.25) is 0 Å². The lowest BCUT2D eigenvalue weighted by molar-refractivity contribution is 0.462. The third-order valence-electron chi connectivity index (χ3n) is 4.24. The van der Waals surface area contributed by atoms with Crippen molar-refractivity contribution in [2.24, 2.45) is 0 Å². The lowest BCUT2D eigenvalue weighted by atomic mass is 10.2. The molecule has 0 amide bonds. The van der Waals surface area contributed by atoms with Crippen LogP contribution in [0.1, 0.15) is 12.8 Å². The van der Waals surface area contributed by atoms with Gasteiger partial charge in [-0.25, -0.2) is 19.9 Å². The lowest BCUT2D eigenvalue weighted by Crippen LogP contribution is -2.29. The van der Waals surface area contributed by atoms with Gasteiger partial charge in [-0.2, -0.15) is 0 Å². The van der Waals surface area contributed by atoms with E-state index in [0.29, 0.717) is 40.0 Å². The van der Waals surface area contributed by atoms with Crippen LogP contribution in [0.15, 0.2) is 48.9 Å². The van der Waals surface area contributed by atoms with Gasteiger partial charge in [-0.3, -0.25) is 0 Å². The van der Waals surface area contributed by atoms with Gasteiger partial charge in [0.15, 0.2) is 11.6 Å².